The predicted octanol–water partition coefficient (Wildman–Crippen LogP) is 3.30. The predicted molar refractivity (Wildman–Crippen MR) is 94.5 cm³/mol. The third-order valence-corrected chi connectivity index (χ3v) is 6.26. The lowest BCUT2D eigenvalue weighted by molar-refractivity contribution is -0.126. The van der Waals surface area contributed by atoms with E-state index in [0.717, 1.165) is 31.2 Å². The molecule has 5 heteroatoms. The molecule has 24 heavy (non-hydrogen) atoms. The van der Waals surface area contributed by atoms with Gasteiger partial charge in [-0.3, -0.25) is 4.79 Å². The third-order valence-electron chi connectivity index (χ3n) is 6.26. The van der Waals surface area contributed by atoms with E-state index >= 15 is 0 Å². The van der Waals surface area contributed by atoms with Gasteiger partial charge >= 0.3 is 0 Å². The second-order valence-electron chi connectivity index (χ2n) is 7.77. The Balaban J connectivity index is 0.00000169. The van der Waals surface area contributed by atoms with Crippen molar-refractivity contribution in [3.8, 4) is 0 Å². The quantitative estimate of drug-likeness (QED) is 0.877. The van der Waals surface area contributed by atoms with Crippen LogP contribution >= 0.6 is 12.4 Å². The van der Waals surface area contributed by atoms with Crippen molar-refractivity contribution < 1.29 is 9.18 Å². The highest BCUT2D eigenvalue weighted by Gasteiger charge is 2.53. The number of hydrogen-bond donors (Lipinski definition) is 2. The Labute approximate surface area is 149 Å². The first kappa shape index (κ1) is 17.7. The molecule has 4 rings (SSSR count). The van der Waals surface area contributed by atoms with E-state index in [2.05, 4.69) is 5.32 Å². The van der Waals surface area contributed by atoms with Crippen LogP contribution in [0.3, 0.4) is 0 Å². The number of amides is 1. The van der Waals surface area contributed by atoms with Crippen molar-refractivity contribution in [2.24, 2.45) is 17.6 Å². The summed E-state index contributed by atoms with van der Waals surface area (Å²) in [6, 6.07) is 7.02. The average molecular weight is 353 g/mol. The minimum absolute atomic E-state index is 0. The van der Waals surface area contributed by atoms with Crippen molar-refractivity contribution in [1.29, 1.82) is 0 Å². The fraction of sp³-hybridized carbons (Fsp3) is 0.632. The van der Waals surface area contributed by atoms with E-state index in [-0.39, 0.29) is 30.2 Å². The standard InChI is InChI=1S/C19H25FN2O.ClH/c20-15-6-4-14(5-7-15)19(8-9-19)18(23)22-17-12-2-1-3-13(17)11-16(21)10-12;/h4-7,12-13,16-17H,1-3,8-11,21H2,(H,22,23);1H. The molecule has 1 aromatic carbocycles. The first-order valence-corrected chi connectivity index (χ1v) is 8.91. The molecule has 0 aliphatic heterocycles. The zero-order valence-electron chi connectivity index (χ0n) is 13.8. The van der Waals surface area contributed by atoms with E-state index in [0.29, 0.717) is 17.9 Å². The van der Waals surface area contributed by atoms with Gasteiger partial charge in [-0.15, -0.1) is 12.4 Å². The summed E-state index contributed by atoms with van der Waals surface area (Å²) >= 11 is 0. The molecule has 3 saturated carbocycles. The molecule has 132 valence electrons. The molecular weight excluding hydrogens is 327 g/mol. The molecule has 0 spiro atoms. The lowest BCUT2D eigenvalue weighted by Gasteiger charge is -2.45. The number of halogens is 2. The van der Waals surface area contributed by atoms with Gasteiger partial charge in [0.1, 0.15) is 5.82 Å². The maximum Gasteiger partial charge on any atom is 0.230 e. The number of carbonyl (C=O) groups excluding carboxylic acids is 1. The first-order chi connectivity index (χ1) is 11.1. The molecule has 0 heterocycles. The zero-order chi connectivity index (χ0) is 16.0. The fourth-order valence-electron chi connectivity index (χ4n) is 4.86. The van der Waals surface area contributed by atoms with Gasteiger partial charge in [-0.25, -0.2) is 4.39 Å². The summed E-state index contributed by atoms with van der Waals surface area (Å²) < 4.78 is 13.1. The summed E-state index contributed by atoms with van der Waals surface area (Å²) in [5, 5.41) is 3.37. The zero-order valence-corrected chi connectivity index (χ0v) is 14.7. The summed E-state index contributed by atoms with van der Waals surface area (Å²) in [4.78, 5) is 13.0. The lowest BCUT2D eigenvalue weighted by atomic mass is 9.67. The summed E-state index contributed by atoms with van der Waals surface area (Å²) in [5.41, 5.74) is 6.71. The molecule has 0 radical (unpaired) electrons. The number of nitrogens with two attached hydrogens (primary N) is 1. The highest BCUT2D eigenvalue weighted by Crippen LogP contribution is 2.49. The van der Waals surface area contributed by atoms with Crippen LogP contribution in [-0.4, -0.2) is 18.0 Å². The highest BCUT2D eigenvalue weighted by molar-refractivity contribution is 5.91. The van der Waals surface area contributed by atoms with Crippen LogP contribution in [0.4, 0.5) is 4.39 Å². The molecule has 0 saturated heterocycles. The van der Waals surface area contributed by atoms with Gasteiger partial charge in [0.05, 0.1) is 5.41 Å². The van der Waals surface area contributed by atoms with E-state index in [1.165, 1.54) is 31.4 Å². The van der Waals surface area contributed by atoms with E-state index in [4.69, 9.17) is 5.73 Å². The van der Waals surface area contributed by atoms with Crippen molar-refractivity contribution in [2.45, 2.75) is 62.4 Å². The van der Waals surface area contributed by atoms with Gasteiger partial charge in [0.15, 0.2) is 0 Å². The molecule has 2 bridgehead atoms. The van der Waals surface area contributed by atoms with Crippen LogP contribution < -0.4 is 11.1 Å². The van der Waals surface area contributed by atoms with Gasteiger partial charge < -0.3 is 11.1 Å². The van der Waals surface area contributed by atoms with Crippen LogP contribution in [0, 0.1) is 17.7 Å². The minimum Gasteiger partial charge on any atom is -0.352 e. The Morgan fingerprint density at radius 3 is 2.25 bits per heavy atom. The average Bonchev–Trinajstić information content (AvgIpc) is 3.30. The number of nitrogens with one attached hydrogen (secondary N) is 1. The monoisotopic (exact) mass is 352 g/mol. The van der Waals surface area contributed by atoms with E-state index in [1.807, 2.05) is 0 Å². The number of carbonyl (C=O) groups is 1. The van der Waals surface area contributed by atoms with Crippen molar-refractivity contribution in [3.63, 3.8) is 0 Å². The SMILES string of the molecule is Cl.NC1CC2CCCC(C1)C2NC(=O)C1(c2ccc(F)cc2)CC1. The van der Waals surface area contributed by atoms with Gasteiger partial charge in [0.2, 0.25) is 5.91 Å². The molecule has 1 amide bonds. The van der Waals surface area contributed by atoms with Crippen molar-refractivity contribution >= 4 is 18.3 Å². The normalized spacial score (nSPS) is 33.2. The molecule has 0 aromatic heterocycles. The topological polar surface area (TPSA) is 55.1 Å². The van der Waals surface area contributed by atoms with E-state index in [9.17, 15) is 9.18 Å². The molecule has 3 aliphatic carbocycles. The molecule has 3 aliphatic rings. The second kappa shape index (κ2) is 6.64. The van der Waals surface area contributed by atoms with Crippen LogP contribution in [0.5, 0.6) is 0 Å². The van der Waals surface area contributed by atoms with Crippen LogP contribution in [0.15, 0.2) is 24.3 Å². The molecule has 2 unspecified atom stereocenters. The summed E-state index contributed by atoms with van der Waals surface area (Å²) in [5.74, 6) is 0.957. The number of rotatable bonds is 3. The van der Waals surface area contributed by atoms with Crippen molar-refractivity contribution in [3.05, 3.63) is 35.6 Å². The first-order valence-electron chi connectivity index (χ1n) is 8.91. The maximum atomic E-state index is 13.1. The summed E-state index contributed by atoms with van der Waals surface area (Å²) in [6.07, 6.45) is 7.42. The Morgan fingerprint density at radius 1 is 1.12 bits per heavy atom. The number of hydrogen-bond acceptors (Lipinski definition) is 2. The van der Waals surface area contributed by atoms with Crippen LogP contribution in [-0.2, 0) is 10.2 Å². The molecule has 1 aromatic rings. The molecule has 3 nitrogen and oxygen atoms in total. The number of fused-ring (bicyclic) bond motifs is 2. The van der Waals surface area contributed by atoms with Crippen molar-refractivity contribution in [2.75, 3.05) is 0 Å². The Kier molecular flexibility index (Phi) is 4.89. The van der Waals surface area contributed by atoms with Gasteiger partial charge in [-0.1, -0.05) is 18.6 Å². The fourth-order valence-corrected chi connectivity index (χ4v) is 4.86. The molecule has 3 N–H and O–H groups in total. The van der Waals surface area contributed by atoms with Crippen molar-refractivity contribution in [1.82, 2.24) is 5.32 Å². The van der Waals surface area contributed by atoms with Gasteiger partial charge in [0.25, 0.3) is 0 Å². The molecular formula is C19H26ClFN2O. The Hall–Kier alpha value is -1.13. The van der Waals surface area contributed by atoms with Crippen LogP contribution in [0.25, 0.3) is 0 Å². The van der Waals surface area contributed by atoms with Gasteiger partial charge in [-0.2, -0.15) is 0 Å². The third kappa shape index (κ3) is 3.06. The largest absolute Gasteiger partial charge is 0.352 e. The highest BCUT2D eigenvalue weighted by atomic mass is 35.5. The van der Waals surface area contributed by atoms with E-state index < -0.39 is 5.41 Å². The Morgan fingerprint density at radius 2 is 1.71 bits per heavy atom. The lowest BCUT2D eigenvalue weighted by Crippen LogP contribution is -2.55. The summed E-state index contributed by atoms with van der Waals surface area (Å²) in [7, 11) is 0. The van der Waals surface area contributed by atoms with Gasteiger partial charge in [0, 0.05) is 12.1 Å². The second-order valence-corrected chi connectivity index (χ2v) is 7.77. The van der Waals surface area contributed by atoms with Crippen LogP contribution in [0.1, 0.15) is 50.5 Å². The van der Waals surface area contributed by atoms with E-state index in [1.54, 1.807) is 12.1 Å². The van der Waals surface area contributed by atoms with Gasteiger partial charge in [-0.05, 0) is 68.1 Å². The molecule has 2 atom stereocenters. The maximum absolute atomic E-state index is 13.1. The Bertz CT molecular complexity index is 588. The van der Waals surface area contributed by atoms with Crippen LogP contribution in [0.2, 0.25) is 0 Å². The summed E-state index contributed by atoms with van der Waals surface area (Å²) in [6.45, 7) is 0. The smallest absolute Gasteiger partial charge is 0.230 e. The minimum atomic E-state index is -0.415. The number of benzene rings is 1. The molecule has 3 fully saturated rings.